The van der Waals surface area contributed by atoms with Gasteiger partial charge in [0.05, 0.1) is 12.1 Å². The summed E-state index contributed by atoms with van der Waals surface area (Å²) in [6.45, 7) is 2.51. The fraction of sp³-hybridized carbons (Fsp3) is 0.440. The zero-order chi connectivity index (χ0) is 23.1. The van der Waals surface area contributed by atoms with Crippen LogP contribution in [0.1, 0.15) is 47.7 Å². The number of nitrogens with zero attached hydrogens (tertiary/aromatic N) is 2. The van der Waals surface area contributed by atoms with Crippen molar-refractivity contribution < 1.29 is 19.4 Å². The van der Waals surface area contributed by atoms with E-state index in [4.69, 9.17) is 16.3 Å². The van der Waals surface area contributed by atoms with Crippen molar-refractivity contribution in [2.24, 2.45) is 5.92 Å². The molecular weight excluding hydrogens is 428 g/mol. The summed E-state index contributed by atoms with van der Waals surface area (Å²) >= 11 is 6.16. The smallest absolute Gasteiger partial charge is 0.255 e. The number of likely N-dealkylation sites (N-methyl/N-ethyl adjacent to an activating group) is 1. The molecule has 1 atom stereocenters. The Bertz CT molecular complexity index is 928. The Labute approximate surface area is 194 Å². The average Bonchev–Trinajstić information content (AvgIpc) is 2.83. The fourth-order valence-corrected chi connectivity index (χ4v) is 4.40. The minimum absolute atomic E-state index is 0.302. The Balaban J connectivity index is 1.42. The summed E-state index contributed by atoms with van der Waals surface area (Å²) in [4.78, 5) is 27.4. The van der Waals surface area contributed by atoms with E-state index in [9.17, 15) is 14.7 Å². The van der Waals surface area contributed by atoms with Gasteiger partial charge in [0.1, 0.15) is 5.75 Å². The number of methoxy groups -OCH3 is 1. The van der Waals surface area contributed by atoms with Gasteiger partial charge in [-0.2, -0.15) is 0 Å². The molecule has 1 N–H and O–H groups in total. The highest BCUT2D eigenvalue weighted by atomic mass is 35.5. The number of piperidine rings is 1. The molecule has 1 unspecified atom stereocenters. The van der Waals surface area contributed by atoms with Gasteiger partial charge in [0, 0.05) is 37.9 Å². The second kappa shape index (κ2) is 11.3. The van der Waals surface area contributed by atoms with E-state index in [1.807, 2.05) is 12.1 Å². The Morgan fingerprint density at radius 3 is 2.69 bits per heavy atom. The van der Waals surface area contributed by atoms with Gasteiger partial charge >= 0.3 is 0 Å². The topological polar surface area (TPSA) is 70.1 Å². The number of rotatable bonds is 9. The van der Waals surface area contributed by atoms with Gasteiger partial charge in [0.15, 0.2) is 12.4 Å². The predicted molar refractivity (Wildman–Crippen MR) is 127 cm³/mol. The van der Waals surface area contributed by atoms with Crippen molar-refractivity contribution >= 4 is 29.5 Å². The number of carbonyl (C=O) groups excluding carboxylic acids is 2. The number of hydrogen-bond acceptors (Lipinski definition) is 5. The number of hydrogen-bond donors (Lipinski definition) is 1. The fourth-order valence-electron chi connectivity index (χ4n) is 4.18. The molecule has 0 spiro atoms. The number of amides is 1. The molecule has 1 heterocycles. The lowest BCUT2D eigenvalue weighted by molar-refractivity contribution is -0.139. The van der Waals surface area contributed by atoms with Crippen LogP contribution >= 0.6 is 11.6 Å². The molecule has 172 valence electrons. The van der Waals surface area contributed by atoms with Gasteiger partial charge < -0.3 is 19.6 Å². The lowest BCUT2D eigenvalue weighted by Crippen LogP contribution is -2.35. The van der Waals surface area contributed by atoms with Crippen LogP contribution in [-0.4, -0.2) is 56.0 Å². The predicted octanol–water partition coefficient (Wildman–Crippen LogP) is 4.35. The van der Waals surface area contributed by atoms with Crippen molar-refractivity contribution in [1.29, 1.82) is 0 Å². The summed E-state index contributed by atoms with van der Waals surface area (Å²) in [5.41, 5.74) is 2.10. The summed E-state index contributed by atoms with van der Waals surface area (Å²) in [5, 5.41) is 10.9. The molecule has 6 nitrogen and oxygen atoms in total. The van der Waals surface area contributed by atoms with E-state index < -0.39 is 6.10 Å². The highest BCUT2D eigenvalue weighted by Gasteiger charge is 2.23. The maximum absolute atomic E-state index is 12.6. The molecule has 2 aromatic carbocycles. The Morgan fingerprint density at radius 2 is 2.03 bits per heavy atom. The summed E-state index contributed by atoms with van der Waals surface area (Å²) in [6, 6.07) is 12.5. The van der Waals surface area contributed by atoms with Gasteiger partial charge in [-0.25, -0.2) is 0 Å². The molecule has 0 aliphatic carbocycles. The van der Waals surface area contributed by atoms with Crippen LogP contribution in [-0.2, 0) is 4.79 Å². The molecule has 0 radical (unpaired) electrons. The second-order valence-corrected chi connectivity index (χ2v) is 8.74. The maximum Gasteiger partial charge on any atom is 0.255 e. The highest BCUT2D eigenvalue weighted by Crippen LogP contribution is 2.29. The summed E-state index contributed by atoms with van der Waals surface area (Å²) < 4.78 is 5.17. The Kier molecular flexibility index (Phi) is 8.53. The number of aldehydes is 1. The van der Waals surface area contributed by atoms with Crippen LogP contribution < -0.4 is 9.64 Å². The number of halogens is 1. The molecular formula is C25H31ClN2O4. The third-order valence-corrected chi connectivity index (χ3v) is 6.54. The van der Waals surface area contributed by atoms with E-state index in [1.165, 1.54) is 0 Å². The first kappa shape index (κ1) is 24.1. The molecule has 1 saturated heterocycles. The van der Waals surface area contributed by atoms with E-state index >= 15 is 0 Å². The van der Waals surface area contributed by atoms with Gasteiger partial charge in [-0.15, -0.1) is 0 Å². The summed E-state index contributed by atoms with van der Waals surface area (Å²) in [7, 11) is 3.30. The number of aliphatic hydroxyl groups is 1. The first-order valence-electron chi connectivity index (χ1n) is 11.0. The number of aliphatic hydroxyl groups excluding tert-OH is 1. The number of carbonyl (C=O) groups is 2. The molecule has 1 aliphatic rings. The van der Waals surface area contributed by atoms with Crippen LogP contribution in [0.5, 0.6) is 5.75 Å². The molecule has 32 heavy (non-hydrogen) atoms. The Morgan fingerprint density at radius 1 is 1.28 bits per heavy atom. The largest absolute Gasteiger partial charge is 0.497 e. The molecule has 0 bridgehead atoms. The Hall–Kier alpha value is -2.57. The summed E-state index contributed by atoms with van der Waals surface area (Å²) in [6.07, 6.45) is 3.70. The first-order chi connectivity index (χ1) is 15.4. The maximum atomic E-state index is 12.6. The lowest BCUT2D eigenvalue weighted by Gasteiger charge is -2.34. The SMILES string of the molecule is COc1cccc(C(O)C(=O)N(C)CCCC2CCN(c3ccc(C=O)c(Cl)c3)CC2)c1. The molecule has 1 amide bonds. The van der Waals surface area contributed by atoms with Crippen molar-refractivity contribution in [2.45, 2.75) is 31.8 Å². The molecule has 0 aromatic heterocycles. The number of anilines is 1. The van der Waals surface area contributed by atoms with Crippen molar-refractivity contribution in [1.82, 2.24) is 4.90 Å². The lowest BCUT2D eigenvalue weighted by atomic mass is 9.91. The normalized spacial score (nSPS) is 15.3. The highest BCUT2D eigenvalue weighted by molar-refractivity contribution is 6.33. The number of ether oxygens (including phenoxy) is 1. The van der Waals surface area contributed by atoms with Crippen LogP contribution in [0.15, 0.2) is 42.5 Å². The molecule has 7 heteroatoms. The molecule has 0 saturated carbocycles. The van der Waals surface area contributed by atoms with Gasteiger partial charge in [-0.1, -0.05) is 23.7 Å². The van der Waals surface area contributed by atoms with Crippen molar-refractivity contribution in [3.63, 3.8) is 0 Å². The minimum Gasteiger partial charge on any atom is -0.497 e. The molecule has 1 fully saturated rings. The molecule has 3 rings (SSSR count). The van der Waals surface area contributed by atoms with Crippen molar-refractivity contribution in [3.8, 4) is 5.75 Å². The van der Waals surface area contributed by atoms with Crippen LogP contribution in [0.25, 0.3) is 0 Å². The monoisotopic (exact) mass is 458 g/mol. The van der Waals surface area contributed by atoms with Gasteiger partial charge in [-0.05, 0) is 67.5 Å². The number of benzene rings is 2. The van der Waals surface area contributed by atoms with E-state index in [1.54, 1.807) is 49.4 Å². The summed E-state index contributed by atoms with van der Waals surface area (Å²) in [5.74, 6) is 0.928. The van der Waals surface area contributed by atoms with E-state index in [2.05, 4.69) is 4.90 Å². The van der Waals surface area contributed by atoms with Crippen LogP contribution in [0, 0.1) is 5.92 Å². The van der Waals surface area contributed by atoms with Crippen LogP contribution in [0.4, 0.5) is 5.69 Å². The van der Waals surface area contributed by atoms with Gasteiger partial charge in [-0.3, -0.25) is 9.59 Å². The zero-order valence-corrected chi connectivity index (χ0v) is 19.4. The third-order valence-electron chi connectivity index (χ3n) is 6.22. The average molecular weight is 459 g/mol. The minimum atomic E-state index is -1.18. The second-order valence-electron chi connectivity index (χ2n) is 8.34. The first-order valence-corrected chi connectivity index (χ1v) is 11.4. The molecule has 1 aliphatic heterocycles. The van der Waals surface area contributed by atoms with E-state index in [-0.39, 0.29) is 5.91 Å². The van der Waals surface area contributed by atoms with Crippen molar-refractivity contribution in [2.75, 3.05) is 38.7 Å². The standard InChI is InChI=1S/C25H31ClN2O4/c1-27(25(31)24(30)19-6-3-7-22(15-19)32-2)12-4-5-18-10-13-28(14-11-18)21-9-8-20(17-29)23(26)16-21/h3,6-9,15-18,24,30H,4-5,10-14H2,1-2H3. The van der Waals surface area contributed by atoms with Crippen LogP contribution in [0.3, 0.4) is 0 Å². The molecule has 2 aromatic rings. The van der Waals surface area contributed by atoms with Crippen LogP contribution in [0.2, 0.25) is 5.02 Å². The van der Waals surface area contributed by atoms with Crippen molar-refractivity contribution in [3.05, 3.63) is 58.6 Å². The van der Waals surface area contributed by atoms with Gasteiger partial charge in [0.2, 0.25) is 0 Å². The van der Waals surface area contributed by atoms with Gasteiger partial charge in [0.25, 0.3) is 5.91 Å². The zero-order valence-electron chi connectivity index (χ0n) is 18.7. The van der Waals surface area contributed by atoms with E-state index in [0.717, 1.165) is 50.7 Å². The third kappa shape index (κ3) is 6.02. The quantitative estimate of drug-likeness (QED) is 0.566. The van der Waals surface area contributed by atoms with E-state index in [0.29, 0.717) is 34.4 Å².